The first-order valence-electron chi connectivity index (χ1n) is 9.92. The van der Waals surface area contributed by atoms with Gasteiger partial charge < -0.3 is 10.0 Å². The molecule has 0 spiro atoms. The van der Waals surface area contributed by atoms with E-state index in [4.69, 9.17) is 9.90 Å². The summed E-state index contributed by atoms with van der Waals surface area (Å²) in [6, 6.07) is 14.0. The van der Waals surface area contributed by atoms with E-state index in [1.165, 1.54) is 5.56 Å². The zero-order chi connectivity index (χ0) is 22.6. The molecule has 2 atom stereocenters. The average molecular weight is 435 g/mol. The number of alkyl halides is 3. The van der Waals surface area contributed by atoms with Gasteiger partial charge in [0.1, 0.15) is 0 Å². The van der Waals surface area contributed by atoms with Crippen LogP contribution < -0.4 is 0 Å². The summed E-state index contributed by atoms with van der Waals surface area (Å²) in [5.74, 6) is -1.38. The van der Waals surface area contributed by atoms with Crippen molar-refractivity contribution < 1.29 is 27.9 Å². The summed E-state index contributed by atoms with van der Waals surface area (Å²) >= 11 is 0. The highest BCUT2D eigenvalue weighted by molar-refractivity contribution is 5.94. The molecule has 0 radical (unpaired) electrons. The van der Waals surface area contributed by atoms with Crippen LogP contribution in [0.15, 0.2) is 48.7 Å². The molecule has 6 nitrogen and oxygen atoms in total. The van der Waals surface area contributed by atoms with Crippen LogP contribution in [0.3, 0.4) is 0 Å². The topological polar surface area (TPSA) is 73.7 Å². The number of pyridine rings is 1. The second kappa shape index (κ2) is 9.47. The van der Waals surface area contributed by atoms with Gasteiger partial charge in [0, 0.05) is 44.5 Å². The molecular weight excluding hydrogens is 411 g/mol. The van der Waals surface area contributed by atoms with Crippen molar-refractivity contribution in [3.8, 4) is 0 Å². The average Bonchev–Trinajstić information content (AvgIpc) is 3.27. The van der Waals surface area contributed by atoms with Gasteiger partial charge in [-0.1, -0.05) is 23.8 Å². The molecular formula is C22H24F3N3O3. The Morgan fingerprint density at radius 1 is 1.03 bits per heavy atom. The Kier molecular flexibility index (Phi) is 6.94. The first-order valence-corrected chi connectivity index (χ1v) is 9.92. The smallest absolute Gasteiger partial charge is 0.475 e. The minimum atomic E-state index is -5.08. The number of aryl methyl sites for hydroxylation is 1. The number of likely N-dealkylation sites (tertiary alicyclic amines) is 2. The van der Waals surface area contributed by atoms with E-state index in [2.05, 4.69) is 16.0 Å². The Balaban J connectivity index is 0.000000339. The third-order valence-electron chi connectivity index (χ3n) is 5.50. The van der Waals surface area contributed by atoms with Crippen LogP contribution in [0.1, 0.15) is 21.6 Å². The first-order chi connectivity index (χ1) is 14.6. The molecule has 9 heteroatoms. The molecule has 0 unspecified atom stereocenters. The standard InChI is InChI=1S/C20H23N3O.C2HF3O2/c1-15-5-7-16(8-6-15)20(24)23-12-17-10-22(11-18(17)13-23)14-19-4-2-3-9-21-19;3-2(4,5)1(6)7/h2-9,17-18H,10-14H2,1H3;(H,6,7)/t17-,18+;. The molecule has 2 fully saturated rings. The molecule has 2 aliphatic rings. The monoisotopic (exact) mass is 435 g/mol. The molecule has 1 N–H and O–H groups in total. The Bertz CT molecular complexity index is 890. The summed E-state index contributed by atoms with van der Waals surface area (Å²) < 4.78 is 31.7. The quantitative estimate of drug-likeness (QED) is 0.802. The van der Waals surface area contributed by atoms with Crippen LogP contribution >= 0.6 is 0 Å². The summed E-state index contributed by atoms with van der Waals surface area (Å²) in [5, 5.41) is 7.12. The van der Waals surface area contributed by atoms with Crippen LogP contribution in [0.25, 0.3) is 0 Å². The number of aliphatic carboxylic acids is 1. The molecule has 2 aliphatic heterocycles. The van der Waals surface area contributed by atoms with Crippen LogP contribution in [0.5, 0.6) is 0 Å². The maximum absolute atomic E-state index is 12.7. The van der Waals surface area contributed by atoms with Crippen LogP contribution in [0.4, 0.5) is 13.2 Å². The fourth-order valence-corrected chi connectivity index (χ4v) is 3.98. The van der Waals surface area contributed by atoms with Crippen LogP contribution in [0, 0.1) is 18.8 Å². The van der Waals surface area contributed by atoms with E-state index in [0.717, 1.165) is 44.0 Å². The molecule has 0 bridgehead atoms. The number of hydrogen-bond acceptors (Lipinski definition) is 4. The Morgan fingerprint density at radius 2 is 1.61 bits per heavy atom. The normalized spacial score (nSPS) is 20.7. The van der Waals surface area contributed by atoms with Gasteiger partial charge in [0.15, 0.2) is 0 Å². The Morgan fingerprint density at radius 3 is 2.10 bits per heavy atom. The van der Waals surface area contributed by atoms with Gasteiger partial charge in [0.05, 0.1) is 5.69 Å². The van der Waals surface area contributed by atoms with Crippen molar-refractivity contribution in [2.24, 2.45) is 11.8 Å². The third kappa shape index (κ3) is 6.04. The molecule has 31 heavy (non-hydrogen) atoms. The van der Waals surface area contributed by atoms with Crippen molar-refractivity contribution in [3.05, 3.63) is 65.5 Å². The molecule has 4 rings (SSSR count). The van der Waals surface area contributed by atoms with E-state index in [0.29, 0.717) is 11.8 Å². The number of nitrogens with zero attached hydrogens (tertiary/aromatic N) is 3. The van der Waals surface area contributed by atoms with Crippen molar-refractivity contribution in [2.75, 3.05) is 26.2 Å². The number of carboxylic acids is 1. The van der Waals surface area contributed by atoms with Gasteiger partial charge in [-0.05, 0) is 43.0 Å². The largest absolute Gasteiger partial charge is 0.490 e. The zero-order valence-corrected chi connectivity index (χ0v) is 17.0. The van der Waals surface area contributed by atoms with Gasteiger partial charge in [-0.2, -0.15) is 13.2 Å². The lowest BCUT2D eigenvalue weighted by Gasteiger charge is -2.21. The summed E-state index contributed by atoms with van der Waals surface area (Å²) in [6.45, 7) is 6.87. The lowest BCUT2D eigenvalue weighted by Crippen LogP contribution is -2.33. The predicted octanol–water partition coefficient (Wildman–Crippen LogP) is 3.23. The second-order valence-corrected chi connectivity index (χ2v) is 7.91. The van der Waals surface area contributed by atoms with Crippen molar-refractivity contribution in [3.63, 3.8) is 0 Å². The van der Waals surface area contributed by atoms with Gasteiger partial charge in [0.25, 0.3) is 5.91 Å². The third-order valence-corrected chi connectivity index (χ3v) is 5.50. The van der Waals surface area contributed by atoms with Gasteiger partial charge in [0.2, 0.25) is 0 Å². The Labute approximate surface area is 178 Å². The predicted molar refractivity (Wildman–Crippen MR) is 107 cm³/mol. The second-order valence-electron chi connectivity index (χ2n) is 7.91. The van der Waals surface area contributed by atoms with E-state index >= 15 is 0 Å². The molecule has 1 amide bonds. The molecule has 0 aliphatic carbocycles. The molecule has 2 saturated heterocycles. The number of aromatic nitrogens is 1. The van der Waals surface area contributed by atoms with E-state index in [9.17, 15) is 18.0 Å². The van der Waals surface area contributed by atoms with Crippen molar-refractivity contribution in [1.29, 1.82) is 0 Å². The first kappa shape index (κ1) is 22.7. The Hall–Kier alpha value is -2.94. The maximum atomic E-state index is 12.7. The molecule has 3 heterocycles. The zero-order valence-electron chi connectivity index (χ0n) is 17.0. The maximum Gasteiger partial charge on any atom is 0.490 e. The van der Waals surface area contributed by atoms with Crippen LogP contribution in [-0.2, 0) is 11.3 Å². The minimum absolute atomic E-state index is 0.181. The van der Waals surface area contributed by atoms with Gasteiger partial charge >= 0.3 is 12.1 Å². The van der Waals surface area contributed by atoms with E-state index in [1.54, 1.807) is 0 Å². The highest BCUT2D eigenvalue weighted by Gasteiger charge is 2.41. The van der Waals surface area contributed by atoms with Gasteiger partial charge in [-0.15, -0.1) is 0 Å². The number of rotatable bonds is 3. The van der Waals surface area contributed by atoms with Crippen LogP contribution in [-0.4, -0.2) is 64.1 Å². The SMILES string of the molecule is Cc1ccc(C(=O)N2C[C@H]3CN(Cc4ccccn4)C[C@H]3C2)cc1.O=C(O)C(F)(F)F. The summed E-state index contributed by atoms with van der Waals surface area (Å²) in [4.78, 5) is 30.5. The molecule has 2 aromatic rings. The van der Waals surface area contributed by atoms with Crippen molar-refractivity contribution >= 4 is 11.9 Å². The molecule has 1 aromatic heterocycles. The number of halogens is 3. The van der Waals surface area contributed by atoms with Crippen molar-refractivity contribution in [1.82, 2.24) is 14.8 Å². The van der Waals surface area contributed by atoms with Crippen molar-refractivity contribution in [2.45, 2.75) is 19.6 Å². The van der Waals surface area contributed by atoms with Crippen LogP contribution in [0.2, 0.25) is 0 Å². The number of carbonyl (C=O) groups excluding carboxylic acids is 1. The highest BCUT2D eigenvalue weighted by atomic mass is 19.4. The summed E-state index contributed by atoms with van der Waals surface area (Å²) in [6.07, 6.45) is -3.23. The number of benzene rings is 1. The van der Waals surface area contributed by atoms with E-state index < -0.39 is 12.1 Å². The number of carboxylic acid groups (broad SMARTS) is 1. The van der Waals surface area contributed by atoms with Gasteiger partial charge in [-0.25, -0.2) is 4.79 Å². The fourth-order valence-electron chi connectivity index (χ4n) is 3.98. The minimum Gasteiger partial charge on any atom is -0.475 e. The summed E-state index contributed by atoms with van der Waals surface area (Å²) in [5.41, 5.74) is 3.13. The van der Waals surface area contributed by atoms with Gasteiger partial charge in [-0.3, -0.25) is 14.7 Å². The number of fused-ring (bicyclic) bond motifs is 1. The number of hydrogen-bond donors (Lipinski definition) is 1. The summed E-state index contributed by atoms with van der Waals surface area (Å²) in [7, 11) is 0. The highest BCUT2D eigenvalue weighted by Crippen LogP contribution is 2.32. The number of amides is 1. The fraction of sp³-hybridized carbons (Fsp3) is 0.409. The molecule has 1 aromatic carbocycles. The van der Waals surface area contributed by atoms with E-state index in [-0.39, 0.29) is 5.91 Å². The number of carbonyl (C=O) groups is 2. The molecule has 166 valence electrons. The van der Waals surface area contributed by atoms with E-state index in [1.807, 2.05) is 54.4 Å². The lowest BCUT2D eigenvalue weighted by atomic mass is 10.0. The lowest BCUT2D eigenvalue weighted by molar-refractivity contribution is -0.192. The molecule has 0 saturated carbocycles.